The Morgan fingerprint density at radius 1 is 1.46 bits per heavy atom. The predicted octanol–water partition coefficient (Wildman–Crippen LogP) is 3.15. The lowest BCUT2D eigenvalue weighted by atomic mass is 10.5. The van der Waals surface area contributed by atoms with Gasteiger partial charge in [-0.15, -0.1) is 33.2 Å². The van der Waals surface area contributed by atoms with Gasteiger partial charge in [-0.1, -0.05) is 6.08 Å². The van der Waals surface area contributed by atoms with Crippen LogP contribution in [0.15, 0.2) is 12.2 Å². The second-order valence-corrected chi connectivity index (χ2v) is 11.7. The molecule has 0 saturated carbocycles. The molecule has 0 rings (SSSR count). The molecule has 0 bridgehead atoms. The molecule has 0 spiro atoms. The zero-order valence-electron chi connectivity index (χ0n) is 7.23. The van der Waals surface area contributed by atoms with Crippen LogP contribution < -0.4 is 0 Å². The number of carbonyl (C=O) groups is 1. The third-order valence-corrected chi connectivity index (χ3v) is 3.77. The van der Waals surface area contributed by atoms with E-state index >= 15 is 0 Å². The highest BCUT2D eigenvalue weighted by Crippen LogP contribution is 2.26. The second kappa shape index (κ2) is 6.71. The second-order valence-electron chi connectivity index (χ2n) is 2.39. The minimum absolute atomic E-state index is 0.310. The average molecular weight is 262 g/mol. The van der Waals surface area contributed by atoms with Crippen molar-refractivity contribution in [1.29, 1.82) is 0 Å². The fourth-order valence-electron chi connectivity index (χ4n) is 0.630. The fraction of sp³-hybridized carbons (Fsp3) is 0.571. The number of halogens is 3. The van der Waals surface area contributed by atoms with E-state index < -0.39 is 6.00 Å². The van der Waals surface area contributed by atoms with Crippen LogP contribution in [0.4, 0.5) is 0 Å². The van der Waals surface area contributed by atoms with Crippen molar-refractivity contribution in [2.75, 3.05) is 6.61 Å². The highest BCUT2D eigenvalue weighted by atomic mass is 35.8. The lowest BCUT2D eigenvalue weighted by molar-refractivity contribution is -0.137. The molecule has 0 radical (unpaired) electrons. The zero-order chi connectivity index (χ0) is 10.3. The van der Waals surface area contributed by atoms with Crippen LogP contribution in [-0.4, -0.2) is 18.6 Å². The maximum absolute atomic E-state index is 10.8. The van der Waals surface area contributed by atoms with Gasteiger partial charge in [0.25, 0.3) is 0 Å². The molecule has 0 aliphatic heterocycles. The Bertz CT molecular complexity index is 189. The number of ether oxygens (including phenoxy) is 1. The maximum Gasteiger partial charge on any atom is 0.341 e. The van der Waals surface area contributed by atoms with Gasteiger partial charge < -0.3 is 4.74 Å². The summed E-state index contributed by atoms with van der Waals surface area (Å²) in [5.41, 5.74) is 0. The number of allylic oxidation sites excluding steroid dienone is 1. The predicted molar refractivity (Wildman–Crippen MR) is 58.5 cm³/mol. The van der Waals surface area contributed by atoms with Gasteiger partial charge in [-0.05, 0) is 19.4 Å². The molecule has 0 unspecified atom stereocenters. The molecule has 0 saturated heterocycles. The van der Waals surface area contributed by atoms with E-state index in [2.05, 4.69) is 0 Å². The Hall–Kier alpha value is 0.297. The molecule has 0 aromatic rings. The normalized spacial score (nSPS) is 12.0. The highest BCUT2D eigenvalue weighted by Gasteiger charge is 2.23. The highest BCUT2D eigenvalue weighted by molar-refractivity contribution is 7.64. The molecule has 0 aromatic heterocycles. The first-order valence-electron chi connectivity index (χ1n) is 3.82. The molecule has 0 atom stereocenters. The van der Waals surface area contributed by atoms with E-state index in [1.165, 1.54) is 6.08 Å². The molecule has 0 N–H and O–H groups in total. The van der Waals surface area contributed by atoms with E-state index in [0.717, 1.165) is 0 Å². The molecule has 0 fully saturated rings. The minimum atomic E-state index is -2.54. The summed E-state index contributed by atoms with van der Waals surface area (Å²) in [7, 11) is 0. The van der Waals surface area contributed by atoms with Crippen molar-refractivity contribution in [3.8, 4) is 0 Å². The van der Waals surface area contributed by atoms with Crippen LogP contribution in [0.2, 0.25) is 6.04 Å². The van der Waals surface area contributed by atoms with Crippen LogP contribution >= 0.6 is 33.2 Å². The molecule has 76 valence electrons. The topological polar surface area (TPSA) is 26.3 Å². The van der Waals surface area contributed by atoms with Crippen molar-refractivity contribution in [2.24, 2.45) is 0 Å². The standard InChI is InChI=1S/C7H11Cl3O2Si/c1-2-4-7(11)12-5-3-6-13(8,9)10/h2,4H,3,5-6H2,1H3. The Kier molecular flexibility index (Phi) is 6.86. The van der Waals surface area contributed by atoms with Gasteiger partial charge >= 0.3 is 12.0 Å². The number of esters is 1. The first-order chi connectivity index (χ1) is 5.95. The van der Waals surface area contributed by atoms with E-state index in [4.69, 9.17) is 38.0 Å². The summed E-state index contributed by atoms with van der Waals surface area (Å²) in [4.78, 5) is 10.8. The monoisotopic (exact) mass is 260 g/mol. The van der Waals surface area contributed by atoms with E-state index in [1.807, 2.05) is 0 Å². The summed E-state index contributed by atoms with van der Waals surface area (Å²) in [6.45, 7) is 2.06. The van der Waals surface area contributed by atoms with Crippen molar-refractivity contribution in [3.63, 3.8) is 0 Å². The Labute approximate surface area is 92.9 Å². The molecule has 0 heterocycles. The van der Waals surface area contributed by atoms with Crippen LogP contribution in [0.1, 0.15) is 13.3 Å². The first-order valence-corrected chi connectivity index (χ1v) is 9.06. The van der Waals surface area contributed by atoms with Gasteiger partial charge in [0.05, 0.1) is 6.61 Å². The van der Waals surface area contributed by atoms with Gasteiger partial charge in [0.15, 0.2) is 0 Å². The smallest absolute Gasteiger partial charge is 0.341 e. The number of rotatable bonds is 5. The zero-order valence-corrected chi connectivity index (χ0v) is 10.5. The molecular formula is C7H11Cl3O2Si. The quantitative estimate of drug-likeness (QED) is 0.250. The van der Waals surface area contributed by atoms with Crippen LogP contribution in [0, 0.1) is 0 Å². The van der Waals surface area contributed by atoms with E-state index in [1.54, 1.807) is 13.0 Å². The number of hydrogen-bond donors (Lipinski definition) is 0. The van der Waals surface area contributed by atoms with Crippen LogP contribution in [0.3, 0.4) is 0 Å². The largest absolute Gasteiger partial charge is 0.463 e. The van der Waals surface area contributed by atoms with Gasteiger partial charge in [0, 0.05) is 6.08 Å². The molecule has 0 amide bonds. The van der Waals surface area contributed by atoms with Crippen molar-refractivity contribution in [3.05, 3.63) is 12.2 Å². The van der Waals surface area contributed by atoms with Crippen LogP contribution in [-0.2, 0) is 9.53 Å². The van der Waals surface area contributed by atoms with Crippen molar-refractivity contribution >= 4 is 45.2 Å². The summed E-state index contributed by atoms with van der Waals surface area (Å²) in [5, 5.41) is 0. The lowest BCUT2D eigenvalue weighted by Crippen LogP contribution is -2.11. The first kappa shape index (κ1) is 13.3. The summed E-state index contributed by atoms with van der Waals surface area (Å²) in [6, 6.07) is -2.03. The molecule has 0 aliphatic rings. The minimum Gasteiger partial charge on any atom is -0.463 e. The molecular weight excluding hydrogens is 251 g/mol. The summed E-state index contributed by atoms with van der Waals surface area (Å²) < 4.78 is 4.80. The summed E-state index contributed by atoms with van der Waals surface area (Å²) in [5.74, 6) is -0.353. The molecule has 6 heteroatoms. The third kappa shape index (κ3) is 10.2. The van der Waals surface area contributed by atoms with Crippen LogP contribution in [0.5, 0.6) is 0 Å². The van der Waals surface area contributed by atoms with Gasteiger partial charge in [0.2, 0.25) is 0 Å². The SMILES string of the molecule is CC=CC(=O)OCCC[Si](Cl)(Cl)Cl. The van der Waals surface area contributed by atoms with E-state index in [9.17, 15) is 4.79 Å². The Morgan fingerprint density at radius 3 is 2.54 bits per heavy atom. The molecule has 0 aromatic carbocycles. The summed E-state index contributed by atoms with van der Waals surface area (Å²) >= 11 is 16.9. The molecule has 13 heavy (non-hydrogen) atoms. The van der Waals surface area contributed by atoms with Crippen molar-refractivity contribution < 1.29 is 9.53 Å². The van der Waals surface area contributed by atoms with Gasteiger partial charge in [-0.3, -0.25) is 0 Å². The number of carbonyl (C=O) groups excluding carboxylic acids is 1. The summed E-state index contributed by atoms with van der Waals surface area (Å²) in [6.07, 6.45) is 3.57. The van der Waals surface area contributed by atoms with E-state index in [-0.39, 0.29) is 5.97 Å². The van der Waals surface area contributed by atoms with Gasteiger partial charge in [-0.2, -0.15) is 0 Å². The molecule has 2 nitrogen and oxygen atoms in total. The molecule has 0 aliphatic carbocycles. The van der Waals surface area contributed by atoms with Crippen molar-refractivity contribution in [1.82, 2.24) is 0 Å². The average Bonchev–Trinajstić information content (AvgIpc) is 1.97. The lowest BCUT2D eigenvalue weighted by Gasteiger charge is -2.06. The Balaban J connectivity index is 3.41. The maximum atomic E-state index is 10.8. The Morgan fingerprint density at radius 2 is 2.08 bits per heavy atom. The van der Waals surface area contributed by atoms with Crippen molar-refractivity contribution in [2.45, 2.75) is 19.4 Å². The fourth-order valence-corrected chi connectivity index (χ4v) is 2.38. The third-order valence-electron chi connectivity index (χ3n) is 1.15. The van der Waals surface area contributed by atoms with Gasteiger partial charge in [-0.25, -0.2) is 4.79 Å². The van der Waals surface area contributed by atoms with Crippen LogP contribution in [0.25, 0.3) is 0 Å². The van der Waals surface area contributed by atoms with Gasteiger partial charge in [0.1, 0.15) is 0 Å². The number of hydrogen-bond acceptors (Lipinski definition) is 2. The van der Waals surface area contributed by atoms with E-state index in [0.29, 0.717) is 19.1 Å².